The molecule has 19 heavy (non-hydrogen) atoms. The third-order valence-corrected chi connectivity index (χ3v) is 4.84. The Bertz CT molecular complexity index is 389. The molecule has 1 aromatic heterocycles. The van der Waals surface area contributed by atoms with Gasteiger partial charge in [0.15, 0.2) is 0 Å². The van der Waals surface area contributed by atoms with Gasteiger partial charge in [-0.25, -0.2) is 4.98 Å². The van der Waals surface area contributed by atoms with Gasteiger partial charge in [-0.15, -0.1) is 0 Å². The third-order valence-electron chi connectivity index (χ3n) is 4.84. The number of rotatable bonds is 5. The predicted octanol–water partition coefficient (Wildman–Crippen LogP) is 3.21. The molecule has 1 saturated heterocycles. The summed E-state index contributed by atoms with van der Waals surface area (Å²) in [7, 11) is 1.98. The smallest absolute Gasteiger partial charge is 0.128 e. The van der Waals surface area contributed by atoms with Crippen LogP contribution >= 0.6 is 0 Å². The summed E-state index contributed by atoms with van der Waals surface area (Å²) in [5, 5.41) is 3.20. The van der Waals surface area contributed by atoms with Gasteiger partial charge in [-0.1, -0.05) is 26.7 Å². The van der Waals surface area contributed by atoms with Crippen LogP contribution in [0.3, 0.4) is 0 Å². The van der Waals surface area contributed by atoms with Gasteiger partial charge in [0.05, 0.1) is 0 Å². The minimum atomic E-state index is 0.582. The van der Waals surface area contributed by atoms with Crippen molar-refractivity contribution in [2.45, 2.75) is 46.1 Å². The Morgan fingerprint density at radius 1 is 1.26 bits per heavy atom. The standard InChI is InChI=1S/C16H27N3/c1-4-16(5-2)7-10-19(11-8-16)15-12-14(13-17-3)6-9-18-15/h6,9,12,17H,4-5,7-8,10-11,13H2,1-3H3. The van der Waals surface area contributed by atoms with Crippen LogP contribution in [0.25, 0.3) is 0 Å². The topological polar surface area (TPSA) is 28.2 Å². The predicted molar refractivity (Wildman–Crippen MR) is 81.5 cm³/mol. The lowest BCUT2D eigenvalue weighted by Gasteiger charge is -2.41. The molecule has 0 amide bonds. The van der Waals surface area contributed by atoms with Crippen molar-refractivity contribution >= 4 is 5.82 Å². The van der Waals surface area contributed by atoms with Crippen LogP contribution in [0.15, 0.2) is 18.3 Å². The minimum Gasteiger partial charge on any atom is -0.357 e. The molecule has 1 aromatic rings. The van der Waals surface area contributed by atoms with E-state index in [0.717, 1.165) is 25.5 Å². The van der Waals surface area contributed by atoms with Crippen molar-refractivity contribution in [2.24, 2.45) is 5.41 Å². The van der Waals surface area contributed by atoms with Gasteiger partial charge in [-0.05, 0) is 43.0 Å². The Labute approximate surface area is 117 Å². The molecule has 1 aliphatic heterocycles. The Morgan fingerprint density at radius 2 is 1.95 bits per heavy atom. The molecular formula is C16H27N3. The summed E-state index contributed by atoms with van der Waals surface area (Å²) in [5.41, 5.74) is 1.90. The summed E-state index contributed by atoms with van der Waals surface area (Å²) < 4.78 is 0. The van der Waals surface area contributed by atoms with Crippen molar-refractivity contribution in [3.63, 3.8) is 0 Å². The van der Waals surface area contributed by atoms with Gasteiger partial charge in [-0.2, -0.15) is 0 Å². The highest BCUT2D eigenvalue weighted by molar-refractivity contribution is 5.41. The Hall–Kier alpha value is -1.09. The number of hydrogen-bond donors (Lipinski definition) is 1. The number of aromatic nitrogens is 1. The zero-order valence-corrected chi connectivity index (χ0v) is 12.6. The molecule has 3 heteroatoms. The Kier molecular flexibility index (Phi) is 4.81. The van der Waals surface area contributed by atoms with Crippen molar-refractivity contribution < 1.29 is 0 Å². The molecule has 1 aliphatic rings. The Morgan fingerprint density at radius 3 is 2.53 bits per heavy atom. The first kappa shape index (κ1) is 14.3. The quantitative estimate of drug-likeness (QED) is 0.882. The van der Waals surface area contributed by atoms with E-state index in [1.807, 2.05) is 13.2 Å². The van der Waals surface area contributed by atoms with E-state index < -0.39 is 0 Å². The maximum atomic E-state index is 4.54. The first-order valence-corrected chi connectivity index (χ1v) is 7.57. The van der Waals surface area contributed by atoms with Crippen LogP contribution in [0.5, 0.6) is 0 Å². The first-order valence-electron chi connectivity index (χ1n) is 7.57. The third kappa shape index (κ3) is 3.27. The van der Waals surface area contributed by atoms with Gasteiger partial charge >= 0.3 is 0 Å². The number of piperidine rings is 1. The highest BCUT2D eigenvalue weighted by Crippen LogP contribution is 2.38. The van der Waals surface area contributed by atoms with Crippen LogP contribution in [0.1, 0.15) is 45.1 Å². The van der Waals surface area contributed by atoms with Crippen LogP contribution in [-0.4, -0.2) is 25.1 Å². The van der Waals surface area contributed by atoms with Gasteiger partial charge in [0.25, 0.3) is 0 Å². The van der Waals surface area contributed by atoms with E-state index in [-0.39, 0.29) is 0 Å². The van der Waals surface area contributed by atoms with E-state index in [1.54, 1.807) is 0 Å². The fourth-order valence-corrected chi connectivity index (χ4v) is 3.11. The van der Waals surface area contributed by atoms with E-state index in [1.165, 1.54) is 31.2 Å². The number of nitrogens with zero attached hydrogens (tertiary/aromatic N) is 2. The van der Waals surface area contributed by atoms with E-state index in [2.05, 4.69) is 41.2 Å². The van der Waals surface area contributed by atoms with E-state index >= 15 is 0 Å². The highest BCUT2D eigenvalue weighted by Gasteiger charge is 2.31. The molecule has 2 rings (SSSR count). The summed E-state index contributed by atoms with van der Waals surface area (Å²) in [5.74, 6) is 1.15. The largest absolute Gasteiger partial charge is 0.357 e. The molecule has 106 valence electrons. The SMILES string of the molecule is CCC1(CC)CCN(c2cc(CNC)ccn2)CC1. The second-order valence-electron chi connectivity index (χ2n) is 5.75. The average Bonchev–Trinajstić information content (AvgIpc) is 2.48. The van der Waals surface area contributed by atoms with Gasteiger partial charge in [0.2, 0.25) is 0 Å². The first-order chi connectivity index (χ1) is 9.23. The van der Waals surface area contributed by atoms with Gasteiger partial charge < -0.3 is 10.2 Å². The van der Waals surface area contributed by atoms with Gasteiger partial charge in [0, 0.05) is 25.8 Å². The zero-order chi connectivity index (χ0) is 13.7. The van der Waals surface area contributed by atoms with Crippen molar-refractivity contribution in [1.29, 1.82) is 0 Å². The molecule has 0 aliphatic carbocycles. The Balaban J connectivity index is 2.03. The fraction of sp³-hybridized carbons (Fsp3) is 0.688. The lowest BCUT2D eigenvalue weighted by molar-refractivity contribution is 0.199. The number of nitrogens with one attached hydrogen (secondary N) is 1. The average molecular weight is 261 g/mol. The molecule has 1 fully saturated rings. The maximum Gasteiger partial charge on any atom is 0.128 e. The maximum absolute atomic E-state index is 4.54. The molecular weight excluding hydrogens is 234 g/mol. The van der Waals surface area contributed by atoms with Crippen molar-refractivity contribution in [3.05, 3.63) is 23.9 Å². The van der Waals surface area contributed by atoms with E-state index in [4.69, 9.17) is 0 Å². The number of hydrogen-bond acceptors (Lipinski definition) is 3. The minimum absolute atomic E-state index is 0.582. The highest BCUT2D eigenvalue weighted by atomic mass is 15.2. The summed E-state index contributed by atoms with van der Waals surface area (Å²) in [6.45, 7) is 7.89. The van der Waals surface area contributed by atoms with Crippen molar-refractivity contribution in [2.75, 3.05) is 25.0 Å². The van der Waals surface area contributed by atoms with Gasteiger partial charge in [-0.3, -0.25) is 0 Å². The summed E-state index contributed by atoms with van der Waals surface area (Å²) in [6.07, 6.45) is 7.16. The van der Waals surface area contributed by atoms with Crippen LogP contribution in [-0.2, 0) is 6.54 Å². The van der Waals surface area contributed by atoms with Crippen molar-refractivity contribution in [1.82, 2.24) is 10.3 Å². The number of anilines is 1. The molecule has 0 spiro atoms. The lowest BCUT2D eigenvalue weighted by Crippen LogP contribution is -2.40. The molecule has 0 bridgehead atoms. The van der Waals surface area contributed by atoms with Crippen LogP contribution in [0.2, 0.25) is 0 Å². The van der Waals surface area contributed by atoms with Crippen LogP contribution in [0, 0.1) is 5.41 Å². The van der Waals surface area contributed by atoms with E-state index in [9.17, 15) is 0 Å². The van der Waals surface area contributed by atoms with Crippen molar-refractivity contribution in [3.8, 4) is 0 Å². The summed E-state index contributed by atoms with van der Waals surface area (Å²) in [6, 6.07) is 4.31. The van der Waals surface area contributed by atoms with Crippen LogP contribution < -0.4 is 10.2 Å². The molecule has 0 radical (unpaired) electrons. The second-order valence-corrected chi connectivity index (χ2v) is 5.75. The molecule has 2 heterocycles. The monoisotopic (exact) mass is 261 g/mol. The molecule has 0 unspecified atom stereocenters. The normalized spacial score (nSPS) is 18.6. The summed E-state index contributed by atoms with van der Waals surface area (Å²) >= 11 is 0. The molecule has 0 saturated carbocycles. The summed E-state index contributed by atoms with van der Waals surface area (Å²) in [4.78, 5) is 6.99. The lowest BCUT2D eigenvalue weighted by atomic mass is 9.74. The number of pyridine rings is 1. The van der Waals surface area contributed by atoms with Gasteiger partial charge in [0.1, 0.15) is 5.82 Å². The zero-order valence-electron chi connectivity index (χ0n) is 12.6. The molecule has 1 N–H and O–H groups in total. The van der Waals surface area contributed by atoms with Crippen LogP contribution in [0.4, 0.5) is 5.82 Å². The molecule has 0 atom stereocenters. The van der Waals surface area contributed by atoms with E-state index in [0.29, 0.717) is 5.41 Å². The second kappa shape index (κ2) is 6.38. The molecule has 3 nitrogen and oxygen atoms in total. The molecule has 0 aromatic carbocycles. The fourth-order valence-electron chi connectivity index (χ4n) is 3.11.